The summed E-state index contributed by atoms with van der Waals surface area (Å²) in [7, 11) is 0. The van der Waals surface area contributed by atoms with Crippen molar-refractivity contribution in [3.8, 4) is 0 Å². The first-order chi connectivity index (χ1) is 10.0. The standard InChI is InChI=1S/C15H14N2O3S/c1-10-2-5-12(6-3-10)21-9-14(18)17-13-7-4-11(8-16-13)15(19)20/h2-8H,9H2,1H3,(H,19,20)(H,16,17,18). The van der Waals surface area contributed by atoms with E-state index in [0.717, 1.165) is 4.90 Å². The number of pyridine rings is 1. The maximum absolute atomic E-state index is 11.8. The van der Waals surface area contributed by atoms with Crippen LogP contribution in [-0.4, -0.2) is 27.7 Å². The average Bonchev–Trinajstić information content (AvgIpc) is 2.47. The molecule has 2 N–H and O–H groups in total. The molecule has 0 aliphatic rings. The number of rotatable bonds is 5. The second-order valence-corrected chi connectivity index (χ2v) is 5.44. The monoisotopic (exact) mass is 302 g/mol. The summed E-state index contributed by atoms with van der Waals surface area (Å²) < 4.78 is 0. The predicted octanol–water partition coefficient (Wildman–Crippen LogP) is 2.82. The van der Waals surface area contributed by atoms with E-state index in [1.807, 2.05) is 31.2 Å². The van der Waals surface area contributed by atoms with Crippen LogP contribution in [0.5, 0.6) is 0 Å². The molecule has 108 valence electrons. The first kappa shape index (κ1) is 15.1. The quantitative estimate of drug-likeness (QED) is 0.830. The fourth-order valence-electron chi connectivity index (χ4n) is 1.56. The molecule has 0 aliphatic heterocycles. The van der Waals surface area contributed by atoms with Crippen molar-refractivity contribution in [1.29, 1.82) is 0 Å². The van der Waals surface area contributed by atoms with Crippen molar-refractivity contribution in [2.24, 2.45) is 0 Å². The van der Waals surface area contributed by atoms with Gasteiger partial charge in [-0.05, 0) is 31.2 Å². The molecule has 1 aromatic heterocycles. The maximum atomic E-state index is 11.8. The van der Waals surface area contributed by atoms with Crippen molar-refractivity contribution >= 4 is 29.5 Å². The van der Waals surface area contributed by atoms with Gasteiger partial charge in [-0.3, -0.25) is 4.79 Å². The number of thioether (sulfide) groups is 1. The fourth-order valence-corrected chi connectivity index (χ4v) is 2.26. The molecule has 2 aromatic rings. The highest BCUT2D eigenvalue weighted by atomic mass is 32.2. The molecule has 0 atom stereocenters. The minimum absolute atomic E-state index is 0.0852. The van der Waals surface area contributed by atoms with Gasteiger partial charge in [-0.15, -0.1) is 11.8 Å². The summed E-state index contributed by atoms with van der Waals surface area (Å²) in [5.41, 5.74) is 1.26. The number of aryl methyl sites for hydroxylation is 1. The Morgan fingerprint density at radius 3 is 2.48 bits per heavy atom. The number of anilines is 1. The lowest BCUT2D eigenvalue weighted by Gasteiger charge is -2.05. The summed E-state index contributed by atoms with van der Waals surface area (Å²) >= 11 is 1.43. The minimum Gasteiger partial charge on any atom is -0.478 e. The van der Waals surface area contributed by atoms with Crippen LogP contribution < -0.4 is 5.32 Å². The third kappa shape index (κ3) is 4.61. The first-order valence-corrected chi connectivity index (χ1v) is 7.22. The number of aromatic nitrogens is 1. The van der Waals surface area contributed by atoms with Crippen LogP contribution in [0.2, 0.25) is 0 Å². The Kier molecular flexibility index (Phi) is 4.94. The number of hydrogen-bond donors (Lipinski definition) is 2. The zero-order valence-electron chi connectivity index (χ0n) is 11.4. The molecule has 0 spiro atoms. The van der Waals surface area contributed by atoms with Gasteiger partial charge in [0, 0.05) is 11.1 Å². The van der Waals surface area contributed by atoms with E-state index in [1.165, 1.54) is 35.7 Å². The van der Waals surface area contributed by atoms with E-state index in [4.69, 9.17) is 5.11 Å². The number of carbonyl (C=O) groups excluding carboxylic acids is 1. The Morgan fingerprint density at radius 1 is 1.19 bits per heavy atom. The number of hydrogen-bond acceptors (Lipinski definition) is 4. The Bertz CT molecular complexity index is 639. The molecule has 0 radical (unpaired) electrons. The van der Waals surface area contributed by atoms with Crippen molar-refractivity contribution in [1.82, 2.24) is 4.98 Å². The predicted molar refractivity (Wildman–Crippen MR) is 81.7 cm³/mol. The highest BCUT2D eigenvalue weighted by molar-refractivity contribution is 8.00. The largest absolute Gasteiger partial charge is 0.478 e. The number of nitrogens with zero attached hydrogens (tertiary/aromatic N) is 1. The molecular weight excluding hydrogens is 288 g/mol. The number of nitrogens with one attached hydrogen (secondary N) is 1. The minimum atomic E-state index is -1.05. The number of carboxylic acids is 1. The molecule has 21 heavy (non-hydrogen) atoms. The van der Waals surface area contributed by atoms with Crippen LogP contribution >= 0.6 is 11.8 Å². The fraction of sp³-hybridized carbons (Fsp3) is 0.133. The number of carbonyl (C=O) groups is 2. The Balaban J connectivity index is 1.86. The molecule has 0 bridgehead atoms. The molecule has 0 saturated carbocycles. The van der Waals surface area contributed by atoms with Crippen molar-refractivity contribution in [2.75, 3.05) is 11.1 Å². The van der Waals surface area contributed by atoms with Gasteiger partial charge < -0.3 is 10.4 Å². The van der Waals surface area contributed by atoms with Gasteiger partial charge in [0.05, 0.1) is 11.3 Å². The topological polar surface area (TPSA) is 79.3 Å². The van der Waals surface area contributed by atoms with E-state index in [0.29, 0.717) is 5.82 Å². The summed E-state index contributed by atoms with van der Waals surface area (Å²) in [4.78, 5) is 27.4. The van der Waals surface area contributed by atoms with E-state index in [9.17, 15) is 9.59 Å². The normalized spacial score (nSPS) is 10.1. The lowest BCUT2D eigenvalue weighted by atomic mass is 10.2. The van der Waals surface area contributed by atoms with Crippen molar-refractivity contribution in [3.05, 3.63) is 53.7 Å². The lowest BCUT2D eigenvalue weighted by Crippen LogP contribution is -2.15. The Morgan fingerprint density at radius 2 is 1.90 bits per heavy atom. The Hall–Kier alpha value is -2.34. The van der Waals surface area contributed by atoms with Crippen molar-refractivity contribution in [3.63, 3.8) is 0 Å². The Labute approximate surface area is 126 Å². The molecule has 0 fully saturated rings. The van der Waals surface area contributed by atoms with Gasteiger partial charge in [0.25, 0.3) is 0 Å². The van der Waals surface area contributed by atoms with Gasteiger partial charge in [-0.2, -0.15) is 0 Å². The number of aromatic carboxylic acids is 1. The SMILES string of the molecule is Cc1ccc(SCC(=O)Nc2ccc(C(=O)O)cn2)cc1. The number of benzene rings is 1. The molecule has 0 aliphatic carbocycles. The maximum Gasteiger partial charge on any atom is 0.337 e. The smallest absolute Gasteiger partial charge is 0.337 e. The van der Waals surface area contributed by atoms with Crippen LogP contribution in [0.1, 0.15) is 15.9 Å². The molecule has 5 nitrogen and oxygen atoms in total. The van der Waals surface area contributed by atoms with Crippen LogP contribution in [0.4, 0.5) is 5.82 Å². The first-order valence-electron chi connectivity index (χ1n) is 6.23. The summed E-state index contributed by atoms with van der Waals surface area (Å²) in [6.45, 7) is 2.01. The molecule has 6 heteroatoms. The molecule has 0 unspecified atom stereocenters. The van der Waals surface area contributed by atoms with E-state index in [-0.39, 0.29) is 17.2 Å². The van der Waals surface area contributed by atoms with E-state index < -0.39 is 5.97 Å². The second-order valence-electron chi connectivity index (χ2n) is 4.39. The van der Waals surface area contributed by atoms with Gasteiger partial charge in [0.1, 0.15) is 5.82 Å². The summed E-state index contributed by atoms with van der Waals surface area (Å²) in [5, 5.41) is 11.4. The second kappa shape index (κ2) is 6.90. The van der Waals surface area contributed by atoms with E-state index in [2.05, 4.69) is 10.3 Å². The van der Waals surface area contributed by atoms with Gasteiger partial charge >= 0.3 is 5.97 Å². The van der Waals surface area contributed by atoms with Gasteiger partial charge in [-0.25, -0.2) is 9.78 Å². The van der Waals surface area contributed by atoms with Gasteiger partial charge in [0.15, 0.2) is 0 Å². The van der Waals surface area contributed by atoms with E-state index >= 15 is 0 Å². The molecule has 1 aromatic carbocycles. The van der Waals surface area contributed by atoms with Gasteiger partial charge in [-0.1, -0.05) is 17.7 Å². The number of amides is 1. The molecule has 1 amide bonds. The molecular formula is C15H14N2O3S. The van der Waals surface area contributed by atoms with Crippen LogP contribution in [-0.2, 0) is 4.79 Å². The third-order valence-electron chi connectivity index (χ3n) is 2.67. The third-order valence-corrected chi connectivity index (χ3v) is 3.68. The average molecular weight is 302 g/mol. The molecule has 1 heterocycles. The van der Waals surface area contributed by atoms with Crippen LogP contribution in [0.3, 0.4) is 0 Å². The van der Waals surface area contributed by atoms with Gasteiger partial charge in [0.2, 0.25) is 5.91 Å². The van der Waals surface area contributed by atoms with Crippen molar-refractivity contribution in [2.45, 2.75) is 11.8 Å². The van der Waals surface area contributed by atoms with Crippen LogP contribution in [0.15, 0.2) is 47.5 Å². The van der Waals surface area contributed by atoms with Crippen LogP contribution in [0.25, 0.3) is 0 Å². The van der Waals surface area contributed by atoms with Crippen molar-refractivity contribution < 1.29 is 14.7 Å². The number of carboxylic acid groups (broad SMARTS) is 1. The highest BCUT2D eigenvalue weighted by Crippen LogP contribution is 2.18. The highest BCUT2D eigenvalue weighted by Gasteiger charge is 2.06. The van der Waals surface area contributed by atoms with Crippen LogP contribution in [0, 0.1) is 6.92 Å². The zero-order chi connectivity index (χ0) is 15.2. The summed E-state index contributed by atoms with van der Waals surface area (Å²) in [6, 6.07) is 10.8. The zero-order valence-corrected chi connectivity index (χ0v) is 12.2. The summed E-state index contributed by atoms with van der Waals surface area (Å²) in [5.74, 6) is -0.619. The molecule has 0 saturated heterocycles. The lowest BCUT2D eigenvalue weighted by molar-refractivity contribution is -0.113. The summed E-state index contributed by atoms with van der Waals surface area (Å²) in [6.07, 6.45) is 1.21. The molecule has 2 rings (SSSR count). The van der Waals surface area contributed by atoms with E-state index in [1.54, 1.807) is 0 Å².